The van der Waals surface area contributed by atoms with Crippen molar-refractivity contribution in [2.45, 2.75) is 52.1 Å². The molecule has 1 aliphatic rings. The fourth-order valence-electron chi connectivity index (χ4n) is 2.62. The van der Waals surface area contributed by atoms with Gasteiger partial charge >= 0.3 is 5.97 Å². The Hall–Kier alpha value is -0.570. The molecule has 0 unspecified atom stereocenters. The number of hydrogen-bond donors (Lipinski definition) is 1. The average Bonchev–Trinajstić information content (AvgIpc) is 2.46. The molecule has 0 aliphatic carbocycles. The third-order valence-corrected chi connectivity index (χ3v) is 3.25. The lowest BCUT2D eigenvalue weighted by molar-refractivity contribution is -0.138. The second-order valence-corrected chi connectivity index (χ2v) is 4.45. The summed E-state index contributed by atoms with van der Waals surface area (Å²) >= 11 is 0. The average molecular weight is 199 g/mol. The molecular weight excluding hydrogens is 178 g/mol. The van der Waals surface area contributed by atoms with E-state index >= 15 is 0 Å². The molecule has 2 atom stereocenters. The van der Waals surface area contributed by atoms with Crippen molar-refractivity contribution in [3.8, 4) is 0 Å². The molecule has 3 heteroatoms. The van der Waals surface area contributed by atoms with Gasteiger partial charge in [-0.2, -0.15) is 0 Å². The minimum atomic E-state index is -0.654. The van der Waals surface area contributed by atoms with E-state index in [0.29, 0.717) is 24.4 Å². The molecule has 14 heavy (non-hydrogen) atoms. The summed E-state index contributed by atoms with van der Waals surface area (Å²) in [6, 6.07) is 1.02. The first-order valence-corrected chi connectivity index (χ1v) is 5.53. The van der Waals surface area contributed by atoms with Crippen LogP contribution in [0.4, 0.5) is 0 Å². The third-order valence-electron chi connectivity index (χ3n) is 3.25. The maximum Gasteiger partial charge on any atom is 0.303 e. The Morgan fingerprint density at radius 3 is 2.64 bits per heavy atom. The lowest BCUT2D eigenvalue weighted by Gasteiger charge is -2.30. The van der Waals surface area contributed by atoms with E-state index in [1.54, 1.807) is 0 Å². The molecule has 1 aliphatic heterocycles. The summed E-state index contributed by atoms with van der Waals surface area (Å²) in [5, 5.41) is 8.79. The molecule has 0 aromatic carbocycles. The highest BCUT2D eigenvalue weighted by molar-refractivity contribution is 5.67. The highest BCUT2D eigenvalue weighted by atomic mass is 16.4. The van der Waals surface area contributed by atoms with Gasteiger partial charge in [-0.05, 0) is 39.2 Å². The van der Waals surface area contributed by atoms with E-state index in [4.69, 9.17) is 5.11 Å². The standard InChI is InChI=1S/C11H21NO2/c1-4-10-9(7-11(13)14)5-6-12(10)8(2)3/h8-10H,4-7H2,1-3H3,(H,13,14)/t9-,10-/m1/s1. The van der Waals surface area contributed by atoms with Crippen LogP contribution in [0.2, 0.25) is 0 Å². The summed E-state index contributed by atoms with van der Waals surface area (Å²) in [5.41, 5.74) is 0. The molecule has 1 rings (SSSR count). The Labute approximate surface area is 86.1 Å². The highest BCUT2D eigenvalue weighted by Gasteiger charge is 2.34. The molecule has 82 valence electrons. The molecule has 1 fully saturated rings. The number of carboxylic acids is 1. The molecule has 0 radical (unpaired) electrons. The van der Waals surface area contributed by atoms with Crippen LogP contribution in [0.3, 0.4) is 0 Å². The highest BCUT2D eigenvalue weighted by Crippen LogP contribution is 2.30. The molecule has 1 saturated heterocycles. The molecule has 0 aromatic rings. The van der Waals surface area contributed by atoms with E-state index in [1.165, 1.54) is 0 Å². The van der Waals surface area contributed by atoms with Crippen molar-refractivity contribution in [2.24, 2.45) is 5.92 Å². The summed E-state index contributed by atoms with van der Waals surface area (Å²) in [6.45, 7) is 7.59. The largest absolute Gasteiger partial charge is 0.481 e. The second kappa shape index (κ2) is 4.78. The zero-order chi connectivity index (χ0) is 10.7. The third kappa shape index (κ3) is 2.47. The molecule has 0 bridgehead atoms. The summed E-state index contributed by atoms with van der Waals surface area (Å²) in [7, 11) is 0. The van der Waals surface area contributed by atoms with Crippen LogP contribution >= 0.6 is 0 Å². The van der Waals surface area contributed by atoms with Crippen molar-refractivity contribution in [3.05, 3.63) is 0 Å². The minimum Gasteiger partial charge on any atom is -0.481 e. The first kappa shape index (κ1) is 11.5. The van der Waals surface area contributed by atoms with Gasteiger partial charge in [-0.25, -0.2) is 0 Å². The molecule has 0 aromatic heterocycles. The van der Waals surface area contributed by atoms with E-state index < -0.39 is 5.97 Å². The fraction of sp³-hybridized carbons (Fsp3) is 0.909. The Balaban J connectivity index is 2.59. The van der Waals surface area contributed by atoms with Crippen molar-refractivity contribution < 1.29 is 9.90 Å². The van der Waals surface area contributed by atoms with Crippen LogP contribution in [0.25, 0.3) is 0 Å². The number of likely N-dealkylation sites (tertiary alicyclic amines) is 1. The van der Waals surface area contributed by atoms with Crippen LogP contribution in [0.1, 0.15) is 40.0 Å². The molecule has 1 heterocycles. The normalized spacial score (nSPS) is 28.6. The number of aliphatic carboxylic acids is 1. The molecule has 3 nitrogen and oxygen atoms in total. The van der Waals surface area contributed by atoms with Crippen LogP contribution in [0, 0.1) is 5.92 Å². The lowest BCUT2D eigenvalue weighted by atomic mass is 9.94. The monoisotopic (exact) mass is 199 g/mol. The van der Waals surface area contributed by atoms with E-state index in [9.17, 15) is 4.79 Å². The number of hydrogen-bond acceptors (Lipinski definition) is 2. The van der Waals surface area contributed by atoms with Gasteiger partial charge < -0.3 is 5.11 Å². The quantitative estimate of drug-likeness (QED) is 0.752. The molecule has 0 saturated carbocycles. The van der Waals surface area contributed by atoms with Gasteiger partial charge in [0.2, 0.25) is 0 Å². The number of rotatable bonds is 4. The topological polar surface area (TPSA) is 40.5 Å². The Morgan fingerprint density at radius 2 is 2.21 bits per heavy atom. The van der Waals surface area contributed by atoms with Gasteiger partial charge in [-0.15, -0.1) is 0 Å². The van der Waals surface area contributed by atoms with Gasteiger partial charge in [0, 0.05) is 18.5 Å². The van der Waals surface area contributed by atoms with Crippen LogP contribution < -0.4 is 0 Å². The zero-order valence-electron chi connectivity index (χ0n) is 9.36. The van der Waals surface area contributed by atoms with Gasteiger partial charge in [0.05, 0.1) is 0 Å². The second-order valence-electron chi connectivity index (χ2n) is 4.45. The smallest absolute Gasteiger partial charge is 0.303 e. The first-order valence-electron chi connectivity index (χ1n) is 5.53. The molecule has 0 amide bonds. The number of nitrogens with zero attached hydrogens (tertiary/aromatic N) is 1. The Bertz CT molecular complexity index is 203. The molecule has 0 spiro atoms. The van der Waals surface area contributed by atoms with E-state index in [0.717, 1.165) is 19.4 Å². The van der Waals surface area contributed by atoms with E-state index in [1.807, 2.05) is 0 Å². The van der Waals surface area contributed by atoms with Crippen molar-refractivity contribution >= 4 is 5.97 Å². The maximum atomic E-state index is 10.7. The molecular formula is C11H21NO2. The summed E-state index contributed by atoms with van der Waals surface area (Å²) in [5.74, 6) is -0.293. The summed E-state index contributed by atoms with van der Waals surface area (Å²) in [6.07, 6.45) is 2.45. The predicted octanol–water partition coefficient (Wildman–Crippen LogP) is 1.97. The van der Waals surface area contributed by atoms with Crippen LogP contribution in [0.15, 0.2) is 0 Å². The summed E-state index contributed by atoms with van der Waals surface area (Å²) < 4.78 is 0. The van der Waals surface area contributed by atoms with Crippen LogP contribution in [-0.4, -0.2) is 34.6 Å². The van der Waals surface area contributed by atoms with Gasteiger partial charge in [0.25, 0.3) is 0 Å². The van der Waals surface area contributed by atoms with Crippen molar-refractivity contribution in [1.82, 2.24) is 4.90 Å². The predicted molar refractivity (Wildman–Crippen MR) is 56.3 cm³/mol. The number of carbonyl (C=O) groups is 1. The minimum absolute atomic E-state index is 0.335. The van der Waals surface area contributed by atoms with Crippen molar-refractivity contribution in [3.63, 3.8) is 0 Å². The first-order chi connectivity index (χ1) is 6.56. The molecule has 1 N–H and O–H groups in total. The van der Waals surface area contributed by atoms with Gasteiger partial charge in [0.1, 0.15) is 0 Å². The van der Waals surface area contributed by atoms with Gasteiger partial charge in [-0.1, -0.05) is 6.92 Å². The van der Waals surface area contributed by atoms with Gasteiger partial charge in [-0.3, -0.25) is 9.69 Å². The van der Waals surface area contributed by atoms with E-state index in [-0.39, 0.29) is 0 Å². The number of carboxylic acid groups (broad SMARTS) is 1. The zero-order valence-corrected chi connectivity index (χ0v) is 9.36. The SMILES string of the molecule is CC[C@@H]1[C@@H](CC(=O)O)CCN1C(C)C. The fourth-order valence-corrected chi connectivity index (χ4v) is 2.62. The van der Waals surface area contributed by atoms with E-state index in [2.05, 4.69) is 25.7 Å². The van der Waals surface area contributed by atoms with Crippen LogP contribution in [0.5, 0.6) is 0 Å². The Kier molecular flexibility index (Phi) is 3.93. The van der Waals surface area contributed by atoms with Gasteiger partial charge in [0.15, 0.2) is 0 Å². The Morgan fingerprint density at radius 1 is 1.57 bits per heavy atom. The van der Waals surface area contributed by atoms with Crippen molar-refractivity contribution in [1.29, 1.82) is 0 Å². The lowest BCUT2D eigenvalue weighted by Crippen LogP contribution is -2.37. The van der Waals surface area contributed by atoms with Crippen molar-refractivity contribution in [2.75, 3.05) is 6.54 Å². The maximum absolute atomic E-state index is 10.7. The van der Waals surface area contributed by atoms with Crippen LogP contribution in [-0.2, 0) is 4.79 Å². The summed E-state index contributed by atoms with van der Waals surface area (Å²) in [4.78, 5) is 13.1.